The molecular weight excluding hydrogens is 242 g/mol. The second-order valence-corrected chi connectivity index (χ2v) is 4.65. The maximum absolute atomic E-state index is 12.2. The van der Waals surface area contributed by atoms with Gasteiger partial charge in [-0.25, -0.2) is 0 Å². The van der Waals surface area contributed by atoms with Crippen molar-refractivity contribution in [2.75, 3.05) is 37.4 Å². The number of methoxy groups -OCH3 is 1. The summed E-state index contributed by atoms with van der Waals surface area (Å²) in [7, 11) is 1.64. The highest BCUT2D eigenvalue weighted by Gasteiger charge is 2.14. The quantitative estimate of drug-likeness (QED) is 0.756. The van der Waals surface area contributed by atoms with E-state index in [1.165, 1.54) is 0 Å². The first kappa shape index (κ1) is 13.7. The monoisotopic (exact) mass is 263 g/mol. The van der Waals surface area contributed by atoms with Crippen molar-refractivity contribution in [3.63, 3.8) is 0 Å². The fraction of sp³-hybridized carbons (Fsp3) is 0.500. The van der Waals surface area contributed by atoms with Gasteiger partial charge in [0.15, 0.2) is 0 Å². The summed E-state index contributed by atoms with van der Waals surface area (Å²) < 4.78 is 5.09. The third-order valence-electron chi connectivity index (χ3n) is 3.23. The Morgan fingerprint density at radius 1 is 1.37 bits per heavy atom. The maximum atomic E-state index is 12.2. The Balaban J connectivity index is 2.06. The van der Waals surface area contributed by atoms with Gasteiger partial charge in [-0.15, -0.1) is 0 Å². The van der Waals surface area contributed by atoms with Crippen LogP contribution in [0.25, 0.3) is 0 Å². The number of amides is 1. The average molecular weight is 263 g/mol. The van der Waals surface area contributed by atoms with Crippen LogP contribution in [0.5, 0.6) is 0 Å². The van der Waals surface area contributed by atoms with Crippen molar-refractivity contribution in [1.82, 2.24) is 5.32 Å². The predicted molar refractivity (Wildman–Crippen MR) is 76.8 cm³/mol. The molecule has 0 aromatic heterocycles. The fourth-order valence-electron chi connectivity index (χ4n) is 2.11. The standard InChI is InChI=1S/C14H21N3O2/c1-3-11(9-19-2)17-14(18)10-4-5-12-13(8-10)16-7-6-15-12/h4-5,8,11,15-16H,3,6-7,9H2,1-2H3,(H,17,18). The van der Waals surface area contributed by atoms with Crippen LogP contribution in [0.2, 0.25) is 0 Å². The van der Waals surface area contributed by atoms with E-state index in [4.69, 9.17) is 4.74 Å². The molecule has 1 atom stereocenters. The number of hydrogen-bond acceptors (Lipinski definition) is 4. The maximum Gasteiger partial charge on any atom is 0.251 e. The lowest BCUT2D eigenvalue weighted by Crippen LogP contribution is -2.37. The molecule has 0 bridgehead atoms. The van der Waals surface area contributed by atoms with Crippen molar-refractivity contribution in [3.05, 3.63) is 23.8 Å². The molecule has 1 heterocycles. The van der Waals surface area contributed by atoms with E-state index in [0.29, 0.717) is 12.2 Å². The topological polar surface area (TPSA) is 62.4 Å². The zero-order valence-corrected chi connectivity index (χ0v) is 11.5. The lowest BCUT2D eigenvalue weighted by atomic mass is 10.1. The summed E-state index contributed by atoms with van der Waals surface area (Å²) in [5, 5.41) is 9.55. The molecule has 1 aliphatic rings. The van der Waals surface area contributed by atoms with Crippen molar-refractivity contribution < 1.29 is 9.53 Å². The first-order valence-electron chi connectivity index (χ1n) is 6.66. The van der Waals surface area contributed by atoms with Crippen molar-refractivity contribution in [2.45, 2.75) is 19.4 Å². The predicted octanol–water partition coefficient (Wildman–Crippen LogP) is 1.68. The summed E-state index contributed by atoms with van der Waals surface area (Å²) in [4.78, 5) is 12.2. The van der Waals surface area contributed by atoms with Crippen LogP contribution in [-0.4, -0.2) is 38.8 Å². The van der Waals surface area contributed by atoms with E-state index in [2.05, 4.69) is 16.0 Å². The number of ether oxygens (including phenoxy) is 1. The Labute approximate surface area is 113 Å². The van der Waals surface area contributed by atoms with Crippen LogP contribution in [0.1, 0.15) is 23.7 Å². The number of nitrogens with one attached hydrogen (secondary N) is 3. The van der Waals surface area contributed by atoms with Crippen molar-refractivity contribution in [1.29, 1.82) is 0 Å². The third-order valence-corrected chi connectivity index (χ3v) is 3.23. The molecule has 104 valence electrons. The molecule has 1 aromatic carbocycles. The number of anilines is 2. The molecule has 5 heteroatoms. The minimum atomic E-state index is -0.0564. The van der Waals surface area contributed by atoms with E-state index >= 15 is 0 Å². The highest BCUT2D eigenvalue weighted by atomic mass is 16.5. The van der Waals surface area contributed by atoms with Crippen LogP contribution >= 0.6 is 0 Å². The van der Waals surface area contributed by atoms with E-state index in [0.717, 1.165) is 30.9 Å². The molecule has 1 amide bonds. The van der Waals surface area contributed by atoms with Gasteiger partial charge >= 0.3 is 0 Å². The third kappa shape index (κ3) is 3.38. The molecule has 0 saturated carbocycles. The summed E-state index contributed by atoms with van der Waals surface area (Å²) in [6, 6.07) is 5.72. The number of carbonyl (C=O) groups excluding carboxylic acids is 1. The Bertz CT molecular complexity index is 448. The number of fused-ring (bicyclic) bond motifs is 1. The number of rotatable bonds is 5. The summed E-state index contributed by atoms with van der Waals surface area (Å²) >= 11 is 0. The van der Waals surface area contributed by atoms with Gasteiger partial charge < -0.3 is 20.7 Å². The molecule has 0 spiro atoms. The van der Waals surface area contributed by atoms with Gasteiger partial charge in [0.2, 0.25) is 0 Å². The normalized spacial score (nSPS) is 14.8. The Hall–Kier alpha value is -1.75. The molecule has 2 rings (SSSR count). The fourth-order valence-corrected chi connectivity index (χ4v) is 2.11. The minimum Gasteiger partial charge on any atom is -0.383 e. The Morgan fingerprint density at radius 3 is 2.79 bits per heavy atom. The average Bonchev–Trinajstić information content (AvgIpc) is 2.46. The smallest absolute Gasteiger partial charge is 0.251 e. The molecule has 5 nitrogen and oxygen atoms in total. The van der Waals surface area contributed by atoms with Crippen molar-refractivity contribution in [2.24, 2.45) is 0 Å². The number of carbonyl (C=O) groups is 1. The number of hydrogen-bond donors (Lipinski definition) is 3. The molecule has 1 unspecified atom stereocenters. The zero-order valence-electron chi connectivity index (χ0n) is 11.5. The lowest BCUT2D eigenvalue weighted by Gasteiger charge is -2.21. The summed E-state index contributed by atoms with van der Waals surface area (Å²) in [5.74, 6) is -0.0564. The van der Waals surface area contributed by atoms with Crippen LogP contribution in [-0.2, 0) is 4.74 Å². The van der Waals surface area contributed by atoms with Crippen LogP contribution in [0.15, 0.2) is 18.2 Å². The van der Waals surface area contributed by atoms with Gasteiger partial charge in [0.05, 0.1) is 24.0 Å². The summed E-state index contributed by atoms with van der Waals surface area (Å²) in [5.41, 5.74) is 2.70. The molecule has 1 aromatic rings. The van der Waals surface area contributed by atoms with Gasteiger partial charge in [-0.1, -0.05) is 6.92 Å². The van der Waals surface area contributed by atoms with Gasteiger partial charge in [-0.3, -0.25) is 4.79 Å². The molecular formula is C14H21N3O2. The Morgan fingerprint density at radius 2 is 2.11 bits per heavy atom. The zero-order chi connectivity index (χ0) is 13.7. The molecule has 0 radical (unpaired) electrons. The van der Waals surface area contributed by atoms with E-state index in [1.54, 1.807) is 7.11 Å². The first-order chi connectivity index (χ1) is 9.24. The number of benzene rings is 1. The second-order valence-electron chi connectivity index (χ2n) is 4.65. The molecule has 0 saturated heterocycles. The van der Waals surface area contributed by atoms with Crippen LogP contribution < -0.4 is 16.0 Å². The van der Waals surface area contributed by atoms with Crippen LogP contribution in [0.3, 0.4) is 0 Å². The van der Waals surface area contributed by atoms with E-state index in [9.17, 15) is 4.79 Å². The lowest BCUT2D eigenvalue weighted by molar-refractivity contribution is 0.0894. The van der Waals surface area contributed by atoms with E-state index < -0.39 is 0 Å². The SMILES string of the molecule is CCC(COC)NC(=O)c1ccc2c(c1)NCCN2. The molecule has 19 heavy (non-hydrogen) atoms. The van der Waals surface area contributed by atoms with Gasteiger partial charge in [-0.2, -0.15) is 0 Å². The second kappa shape index (κ2) is 6.43. The van der Waals surface area contributed by atoms with Gasteiger partial charge in [0, 0.05) is 25.8 Å². The van der Waals surface area contributed by atoms with Gasteiger partial charge in [0.1, 0.15) is 0 Å². The van der Waals surface area contributed by atoms with Crippen molar-refractivity contribution >= 4 is 17.3 Å². The molecule has 0 aliphatic carbocycles. The molecule has 1 aliphatic heterocycles. The highest BCUT2D eigenvalue weighted by Crippen LogP contribution is 2.25. The summed E-state index contributed by atoms with van der Waals surface area (Å²) in [6.07, 6.45) is 0.852. The molecule has 0 fully saturated rings. The van der Waals surface area contributed by atoms with Crippen LogP contribution in [0, 0.1) is 0 Å². The van der Waals surface area contributed by atoms with Gasteiger partial charge in [-0.05, 0) is 24.6 Å². The van der Waals surface area contributed by atoms with Crippen molar-refractivity contribution in [3.8, 4) is 0 Å². The highest BCUT2D eigenvalue weighted by molar-refractivity contribution is 5.96. The van der Waals surface area contributed by atoms with Gasteiger partial charge in [0.25, 0.3) is 5.91 Å². The first-order valence-corrected chi connectivity index (χ1v) is 6.66. The van der Waals surface area contributed by atoms with E-state index in [1.807, 2.05) is 25.1 Å². The van der Waals surface area contributed by atoms with Crippen LogP contribution in [0.4, 0.5) is 11.4 Å². The Kier molecular flexibility index (Phi) is 4.63. The molecule has 3 N–H and O–H groups in total. The summed E-state index contributed by atoms with van der Waals surface area (Å²) in [6.45, 7) is 4.35. The largest absolute Gasteiger partial charge is 0.383 e. The van der Waals surface area contributed by atoms with E-state index in [-0.39, 0.29) is 11.9 Å². The minimum absolute atomic E-state index is 0.0552.